The van der Waals surface area contributed by atoms with Gasteiger partial charge >= 0.3 is 23.9 Å². The van der Waals surface area contributed by atoms with Gasteiger partial charge in [-0.1, -0.05) is 6.07 Å². The highest BCUT2D eigenvalue weighted by Crippen LogP contribution is 2.34. The summed E-state index contributed by atoms with van der Waals surface area (Å²) in [5.74, 6) is -4.05. The molecule has 1 N–H and O–H groups in total. The molecule has 0 bridgehead atoms. The van der Waals surface area contributed by atoms with Gasteiger partial charge in [0.25, 0.3) is 0 Å². The molecule has 1 aliphatic heterocycles. The number of carbonyl (C=O) groups is 5. The lowest BCUT2D eigenvalue weighted by atomic mass is 9.98. The Bertz CT molecular complexity index is 955. The van der Waals surface area contributed by atoms with Gasteiger partial charge in [0.05, 0.1) is 0 Å². The van der Waals surface area contributed by atoms with E-state index in [-0.39, 0.29) is 17.1 Å². The van der Waals surface area contributed by atoms with Crippen LogP contribution in [0.3, 0.4) is 0 Å². The Morgan fingerprint density at radius 2 is 1.38 bits per heavy atom. The quantitative estimate of drug-likeness (QED) is 0.319. The largest absolute Gasteiger partial charge is 0.507 e. The van der Waals surface area contributed by atoms with Crippen LogP contribution in [0.1, 0.15) is 45.0 Å². The van der Waals surface area contributed by atoms with Gasteiger partial charge in [-0.3, -0.25) is 24.0 Å². The number of hydrogen-bond donors (Lipinski definition) is 1. The number of phenolic OH excluding ortho intramolecular Hbond substituents is 1. The van der Waals surface area contributed by atoms with Crippen molar-refractivity contribution in [2.45, 2.75) is 65.3 Å². The van der Waals surface area contributed by atoms with Crippen molar-refractivity contribution < 1.29 is 57.5 Å². The topological polar surface area (TPSA) is 161 Å². The molecule has 1 heterocycles. The monoisotopic (exact) mass is 482 g/mol. The minimum absolute atomic E-state index is 0.117. The maximum absolute atomic E-state index is 12.1. The van der Waals surface area contributed by atoms with Gasteiger partial charge in [-0.25, -0.2) is 0 Å². The van der Waals surface area contributed by atoms with Crippen LogP contribution in [-0.4, -0.2) is 72.1 Å². The number of ketones is 1. The van der Waals surface area contributed by atoms with Crippen molar-refractivity contribution in [1.29, 1.82) is 0 Å². The van der Waals surface area contributed by atoms with E-state index in [1.165, 1.54) is 25.1 Å². The van der Waals surface area contributed by atoms with Gasteiger partial charge in [0.1, 0.15) is 29.8 Å². The van der Waals surface area contributed by atoms with Gasteiger partial charge < -0.3 is 33.5 Å². The van der Waals surface area contributed by atoms with Crippen LogP contribution in [-0.2, 0) is 42.9 Å². The molecular weight excluding hydrogens is 456 g/mol. The molecule has 12 heteroatoms. The summed E-state index contributed by atoms with van der Waals surface area (Å²) >= 11 is 0. The maximum atomic E-state index is 12.1. The summed E-state index contributed by atoms with van der Waals surface area (Å²) < 4.78 is 32.5. The molecule has 0 radical (unpaired) electrons. The number of rotatable bonds is 8. The van der Waals surface area contributed by atoms with Crippen molar-refractivity contribution in [3.63, 3.8) is 0 Å². The summed E-state index contributed by atoms with van der Waals surface area (Å²) in [6.07, 6.45) is -6.99. The first-order valence-corrected chi connectivity index (χ1v) is 10.2. The zero-order valence-electron chi connectivity index (χ0n) is 19.3. The Hall–Kier alpha value is -3.67. The van der Waals surface area contributed by atoms with Gasteiger partial charge in [-0.2, -0.15) is 0 Å². The van der Waals surface area contributed by atoms with E-state index in [2.05, 4.69) is 0 Å². The van der Waals surface area contributed by atoms with Crippen molar-refractivity contribution in [1.82, 2.24) is 0 Å². The van der Waals surface area contributed by atoms with E-state index in [1.807, 2.05) is 0 Å². The fourth-order valence-electron chi connectivity index (χ4n) is 3.38. The highest BCUT2D eigenvalue weighted by Gasteiger charge is 2.53. The number of phenols is 1. The fourth-order valence-corrected chi connectivity index (χ4v) is 3.38. The maximum Gasteiger partial charge on any atom is 0.303 e. The molecule has 186 valence electrons. The molecule has 5 atom stereocenters. The Morgan fingerprint density at radius 1 is 0.824 bits per heavy atom. The average molecular weight is 482 g/mol. The Kier molecular flexibility index (Phi) is 8.96. The minimum Gasteiger partial charge on any atom is -0.507 e. The summed E-state index contributed by atoms with van der Waals surface area (Å²) in [4.78, 5) is 58.9. The van der Waals surface area contributed by atoms with E-state index in [0.29, 0.717) is 0 Å². The molecule has 0 saturated carbocycles. The van der Waals surface area contributed by atoms with Gasteiger partial charge in [0.2, 0.25) is 12.4 Å². The first-order chi connectivity index (χ1) is 15.9. The van der Waals surface area contributed by atoms with Crippen molar-refractivity contribution in [2.75, 3.05) is 6.61 Å². The number of benzene rings is 1. The number of Topliss-reactive ketones (excluding diaryl/α,β-unsaturated/α-hetero) is 1. The predicted octanol–water partition coefficient (Wildman–Crippen LogP) is 1.06. The van der Waals surface area contributed by atoms with Crippen LogP contribution in [0.4, 0.5) is 0 Å². The summed E-state index contributed by atoms with van der Waals surface area (Å²) in [7, 11) is 0. The summed E-state index contributed by atoms with van der Waals surface area (Å²) in [6.45, 7) is 5.19. The third-order valence-electron chi connectivity index (χ3n) is 4.55. The second kappa shape index (κ2) is 11.5. The molecule has 2 rings (SSSR count). The van der Waals surface area contributed by atoms with Gasteiger partial charge in [-0.15, -0.1) is 0 Å². The van der Waals surface area contributed by atoms with Crippen LogP contribution in [0, 0.1) is 0 Å². The van der Waals surface area contributed by atoms with E-state index in [1.54, 1.807) is 0 Å². The molecule has 1 aliphatic rings. The van der Waals surface area contributed by atoms with E-state index < -0.39 is 67.0 Å². The molecule has 1 fully saturated rings. The van der Waals surface area contributed by atoms with Crippen LogP contribution in [0.5, 0.6) is 11.5 Å². The lowest BCUT2D eigenvalue weighted by Crippen LogP contribution is -2.63. The molecule has 34 heavy (non-hydrogen) atoms. The Labute approximate surface area is 195 Å². The first kappa shape index (κ1) is 26.6. The third-order valence-corrected chi connectivity index (χ3v) is 4.55. The Balaban J connectivity index is 2.55. The highest BCUT2D eigenvalue weighted by molar-refractivity contribution is 5.99. The SMILES string of the molecule is CC(=O)OC[C@H]1O[C@@H](Oc2cccc(O)c2C(C)=O)[C@H](OC(C)=O)[C@@H](OC(C)=O)[C@H]1OC(C)=O. The van der Waals surface area contributed by atoms with Crippen LogP contribution < -0.4 is 4.74 Å². The lowest BCUT2D eigenvalue weighted by molar-refractivity contribution is -0.288. The van der Waals surface area contributed by atoms with Gasteiger partial charge in [-0.05, 0) is 19.1 Å². The van der Waals surface area contributed by atoms with Crippen LogP contribution in [0.15, 0.2) is 18.2 Å². The number of esters is 4. The van der Waals surface area contributed by atoms with Crippen LogP contribution >= 0.6 is 0 Å². The summed E-state index contributed by atoms with van der Waals surface area (Å²) in [6, 6.07) is 4.05. The number of ether oxygens (including phenoxy) is 6. The summed E-state index contributed by atoms with van der Waals surface area (Å²) in [5.41, 5.74) is -0.171. The second-order valence-electron chi connectivity index (χ2n) is 7.39. The molecule has 1 aromatic rings. The minimum atomic E-state index is -1.53. The molecule has 0 aromatic heterocycles. The number of aromatic hydroxyl groups is 1. The average Bonchev–Trinajstić information content (AvgIpc) is 2.69. The smallest absolute Gasteiger partial charge is 0.303 e. The van der Waals surface area contributed by atoms with Crippen LogP contribution in [0.2, 0.25) is 0 Å². The van der Waals surface area contributed by atoms with E-state index in [9.17, 15) is 29.1 Å². The van der Waals surface area contributed by atoms with Crippen molar-refractivity contribution in [3.05, 3.63) is 23.8 Å². The van der Waals surface area contributed by atoms with E-state index >= 15 is 0 Å². The standard InChI is InChI=1S/C22H26O12/c1-10(23)18-15(28)7-6-8-16(18)33-22-21(32-14(5)27)20(31-13(4)26)19(30-12(3)25)17(34-22)9-29-11(2)24/h6-8,17,19-22,28H,9H2,1-5H3/t17-,19+,20+,21-,22-/m1/s1. The van der Waals surface area contributed by atoms with Gasteiger partial charge in [0, 0.05) is 27.7 Å². The third kappa shape index (κ3) is 6.91. The first-order valence-electron chi connectivity index (χ1n) is 10.2. The van der Waals surface area contributed by atoms with Crippen molar-refractivity contribution in [2.24, 2.45) is 0 Å². The molecule has 0 amide bonds. The fraction of sp³-hybridized carbons (Fsp3) is 0.500. The van der Waals surface area contributed by atoms with E-state index in [4.69, 9.17) is 28.4 Å². The van der Waals surface area contributed by atoms with Crippen molar-refractivity contribution in [3.8, 4) is 11.5 Å². The molecule has 0 unspecified atom stereocenters. The Morgan fingerprint density at radius 3 is 1.91 bits per heavy atom. The lowest BCUT2D eigenvalue weighted by Gasteiger charge is -2.44. The molecule has 1 aromatic carbocycles. The van der Waals surface area contributed by atoms with Gasteiger partial charge in [0.15, 0.2) is 18.0 Å². The summed E-state index contributed by atoms with van der Waals surface area (Å²) in [5, 5.41) is 10.1. The normalized spacial score (nSPS) is 23.9. The zero-order chi connectivity index (χ0) is 25.6. The molecule has 12 nitrogen and oxygen atoms in total. The number of hydrogen-bond acceptors (Lipinski definition) is 12. The number of carbonyl (C=O) groups excluding carboxylic acids is 5. The molecule has 0 aliphatic carbocycles. The molecular formula is C22H26O12. The molecule has 0 spiro atoms. The van der Waals surface area contributed by atoms with Crippen molar-refractivity contribution >= 4 is 29.7 Å². The van der Waals surface area contributed by atoms with E-state index in [0.717, 1.165) is 27.7 Å². The highest BCUT2D eigenvalue weighted by atomic mass is 16.7. The predicted molar refractivity (Wildman–Crippen MR) is 111 cm³/mol. The second-order valence-corrected chi connectivity index (χ2v) is 7.39. The zero-order valence-corrected chi connectivity index (χ0v) is 19.3. The van der Waals surface area contributed by atoms with Crippen LogP contribution in [0.25, 0.3) is 0 Å². The molecule has 1 saturated heterocycles.